The van der Waals surface area contributed by atoms with Gasteiger partial charge in [0.1, 0.15) is 13.2 Å². The van der Waals surface area contributed by atoms with Crippen molar-refractivity contribution < 1.29 is 38.2 Å². The topological polar surface area (TPSA) is 175 Å². The van der Waals surface area contributed by atoms with Crippen LogP contribution in [-0.2, 0) is 19.1 Å². The molecule has 14 nitrogen and oxygen atoms in total. The van der Waals surface area contributed by atoms with E-state index < -0.39 is 24.2 Å². The van der Waals surface area contributed by atoms with Gasteiger partial charge in [0.2, 0.25) is 12.8 Å². The number of hydrogen-bond donors (Lipinski definition) is 4. The summed E-state index contributed by atoms with van der Waals surface area (Å²) in [5.41, 5.74) is -0.880. The van der Waals surface area contributed by atoms with Crippen molar-refractivity contribution in [2.24, 2.45) is 21.7 Å². The Labute approximate surface area is 266 Å². The molecule has 8 amide bonds. The molecule has 0 bridgehead atoms. The van der Waals surface area contributed by atoms with Gasteiger partial charge in [-0.05, 0) is 60.2 Å². The summed E-state index contributed by atoms with van der Waals surface area (Å²) in [4.78, 5) is 73.1. The molecule has 2 fully saturated rings. The molecule has 254 valence electrons. The molecule has 4 atom stereocenters. The van der Waals surface area contributed by atoms with Crippen LogP contribution in [0.25, 0.3) is 0 Å². The SMILES string of the molecule is C=CN(C=O)C(=O)NC1CC(C)(C)CC(C)(CNC(=O)OCCOC(=O)NCC2(C)CC(NC(=O)N(C)C=O)CC(C)(C)C2)C1. The first-order valence-corrected chi connectivity index (χ1v) is 15.3. The van der Waals surface area contributed by atoms with Crippen LogP contribution in [0.15, 0.2) is 12.8 Å². The van der Waals surface area contributed by atoms with Crippen LogP contribution in [0.5, 0.6) is 0 Å². The zero-order chi connectivity index (χ0) is 34.1. The fraction of sp³-hybridized carbons (Fsp3) is 0.742. The molecule has 45 heavy (non-hydrogen) atoms. The number of imide groups is 2. The van der Waals surface area contributed by atoms with Crippen LogP contribution in [0.4, 0.5) is 19.2 Å². The summed E-state index contributed by atoms with van der Waals surface area (Å²) < 4.78 is 10.4. The van der Waals surface area contributed by atoms with Crippen molar-refractivity contribution in [3.8, 4) is 0 Å². The Balaban J connectivity index is 1.76. The number of amides is 8. The van der Waals surface area contributed by atoms with E-state index in [0.29, 0.717) is 38.8 Å². The highest BCUT2D eigenvalue weighted by Gasteiger charge is 2.43. The van der Waals surface area contributed by atoms with Gasteiger partial charge >= 0.3 is 24.2 Å². The summed E-state index contributed by atoms with van der Waals surface area (Å²) in [7, 11) is 1.40. The van der Waals surface area contributed by atoms with Gasteiger partial charge in [-0.15, -0.1) is 0 Å². The third-order valence-corrected chi connectivity index (χ3v) is 8.43. The maximum atomic E-state index is 12.4. The van der Waals surface area contributed by atoms with Gasteiger partial charge in [-0.3, -0.25) is 14.5 Å². The Morgan fingerprint density at radius 1 is 0.733 bits per heavy atom. The molecule has 2 rings (SSSR count). The number of rotatable bonds is 12. The Hall–Kier alpha value is -3.84. The number of ether oxygens (including phenoxy) is 2. The standard InChI is InChI=1S/C31H52N6O8/c1-9-37(21-39)25(41)35-23-13-29(4,5)17-31(7,15-23)19-33-27(43)45-11-10-44-26(42)32-18-30(6)14-22(12-28(2,3)16-30)34-24(40)36(8)20-38/h9,20-23H,1,10-19H2,2-8H3,(H,32,42)(H,33,43)(H,34,40)(H,35,41). The second-order valence-electron chi connectivity index (χ2n) is 14.8. The predicted molar refractivity (Wildman–Crippen MR) is 167 cm³/mol. The predicted octanol–water partition coefficient (Wildman–Crippen LogP) is 3.72. The molecule has 0 heterocycles. The van der Waals surface area contributed by atoms with Gasteiger partial charge < -0.3 is 30.7 Å². The van der Waals surface area contributed by atoms with E-state index in [1.807, 2.05) is 13.8 Å². The Bertz CT molecular complexity index is 1110. The fourth-order valence-electron chi connectivity index (χ4n) is 7.43. The zero-order valence-electron chi connectivity index (χ0n) is 27.8. The van der Waals surface area contributed by atoms with Crippen molar-refractivity contribution in [3.63, 3.8) is 0 Å². The third kappa shape index (κ3) is 12.2. The monoisotopic (exact) mass is 636 g/mol. The number of carbonyl (C=O) groups excluding carboxylic acids is 6. The molecule has 0 aromatic rings. The maximum absolute atomic E-state index is 12.4. The molecule has 0 aliphatic heterocycles. The normalized spacial score (nSPS) is 26.6. The van der Waals surface area contributed by atoms with Gasteiger partial charge in [-0.2, -0.15) is 0 Å². The van der Waals surface area contributed by atoms with Crippen LogP contribution in [0.3, 0.4) is 0 Å². The van der Waals surface area contributed by atoms with Crippen LogP contribution in [0.2, 0.25) is 0 Å². The first kappa shape index (κ1) is 37.3. The minimum Gasteiger partial charge on any atom is -0.446 e. The van der Waals surface area contributed by atoms with Crippen molar-refractivity contribution >= 4 is 37.1 Å². The summed E-state index contributed by atoms with van der Waals surface area (Å²) >= 11 is 0. The third-order valence-electron chi connectivity index (χ3n) is 8.43. The smallest absolute Gasteiger partial charge is 0.407 e. The zero-order valence-corrected chi connectivity index (χ0v) is 27.8. The highest BCUT2D eigenvalue weighted by Crippen LogP contribution is 2.46. The van der Waals surface area contributed by atoms with E-state index in [0.717, 1.165) is 41.7 Å². The van der Waals surface area contributed by atoms with E-state index in [2.05, 4.69) is 55.5 Å². The molecule has 2 aliphatic rings. The van der Waals surface area contributed by atoms with Crippen LogP contribution in [0, 0.1) is 21.7 Å². The Kier molecular flexibility index (Phi) is 12.8. The molecule has 0 saturated heterocycles. The molecular formula is C31H52N6O8. The molecule has 4 N–H and O–H groups in total. The van der Waals surface area contributed by atoms with Crippen molar-refractivity contribution in [1.82, 2.24) is 31.1 Å². The van der Waals surface area contributed by atoms with Crippen molar-refractivity contribution in [2.75, 3.05) is 33.4 Å². The number of alkyl carbamates (subject to hydrolysis) is 2. The number of nitrogens with one attached hydrogen (secondary N) is 4. The fourth-order valence-corrected chi connectivity index (χ4v) is 7.43. The molecule has 4 unspecified atom stereocenters. The van der Waals surface area contributed by atoms with E-state index in [9.17, 15) is 28.8 Å². The summed E-state index contributed by atoms with van der Waals surface area (Å²) in [6.45, 7) is 16.3. The molecular weight excluding hydrogens is 584 g/mol. The van der Waals surface area contributed by atoms with Crippen molar-refractivity contribution in [3.05, 3.63) is 12.8 Å². The number of carbonyl (C=O) groups is 6. The van der Waals surface area contributed by atoms with Gasteiger partial charge in [0, 0.05) is 38.4 Å². The van der Waals surface area contributed by atoms with Gasteiger partial charge in [-0.1, -0.05) is 48.1 Å². The summed E-state index contributed by atoms with van der Waals surface area (Å²) in [5.74, 6) is 0. The van der Waals surface area contributed by atoms with E-state index in [1.54, 1.807) is 0 Å². The molecule has 2 saturated carbocycles. The molecule has 0 aromatic carbocycles. The van der Waals surface area contributed by atoms with Gasteiger partial charge in [0.05, 0.1) is 0 Å². The minimum atomic E-state index is -0.645. The molecule has 0 aromatic heterocycles. The summed E-state index contributed by atoms with van der Waals surface area (Å²) in [6.07, 6.45) is 5.00. The Morgan fingerprint density at radius 3 is 1.53 bits per heavy atom. The number of nitrogens with zero attached hydrogens (tertiary/aromatic N) is 2. The van der Waals surface area contributed by atoms with Crippen molar-refractivity contribution in [1.29, 1.82) is 0 Å². The van der Waals surface area contributed by atoms with Gasteiger partial charge in [0.15, 0.2) is 0 Å². The average Bonchev–Trinajstić information content (AvgIpc) is 2.91. The molecule has 0 spiro atoms. The highest BCUT2D eigenvalue weighted by molar-refractivity contribution is 5.86. The minimum absolute atomic E-state index is 0.0974. The van der Waals surface area contributed by atoms with Crippen LogP contribution >= 0.6 is 0 Å². The lowest BCUT2D eigenvalue weighted by molar-refractivity contribution is -0.115. The first-order valence-electron chi connectivity index (χ1n) is 15.3. The van der Waals surface area contributed by atoms with Gasteiger partial charge in [0.25, 0.3) is 0 Å². The van der Waals surface area contributed by atoms with E-state index in [-0.39, 0.29) is 47.0 Å². The van der Waals surface area contributed by atoms with E-state index >= 15 is 0 Å². The van der Waals surface area contributed by atoms with E-state index in [1.165, 1.54) is 7.05 Å². The highest BCUT2D eigenvalue weighted by atomic mass is 16.6. The lowest BCUT2D eigenvalue weighted by Crippen LogP contribution is -2.52. The second-order valence-corrected chi connectivity index (χ2v) is 14.8. The summed E-state index contributed by atoms with van der Waals surface area (Å²) in [5, 5.41) is 11.3. The quantitative estimate of drug-likeness (QED) is 0.185. The molecule has 0 radical (unpaired) electrons. The van der Waals surface area contributed by atoms with E-state index in [4.69, 9.17) is 9.47 Å². The lowest BCUT2D eigenvalue weighted by Gasteiger charge is -2.47. The summed E-state index contributed by atoms with van der Waals surface area (Å²) in [6, 6.07) is -1.37. The number of urea groups is 2. The lowest BCUT2D eigenvalue weighted by atomic mass is 9.62. The second kappa shape index (κ2) is 15.4. The first-order chi connectivity index (χ1) is 20.8. The Morgan fingerprint density at radius 2 is 1.16 bits per heavy atom. The molecule has 2 aliphatic carbocycles. The number of hydrogen-bond acceptors (Lipinski definition) is 8. The van der Waals surface area contributed by atoms with Gasteiger partial charge in [-0.25, -0.2) is 24.1 Å². The van der Waals surface area contributed by atoms with Crippen LogP contribution in [-0.4, -0.2) is 92.3 Å². The average molecular weight is 637 g/mol. The largest absolute Gasteiger partial charge is 0.446 e. The van der Waals surface area contributed by atoms with Crippen LogP contribution in [0.1, 0.15) is 80.1 Å². The molecule has 14 heteroatoms. The van der Waals surface area contributed by atoms with Crippen molar-refractivity contribution in [2.45, 2.75) is 92.2 Å². The maximum Gasteiger partial charge on any atom is 0.407 e. The van der Waals surface area contributed by atoms with Crippen LogP contribution < -0.4 is 21.3 Å².